The fraction of sp³-hybridized carbons (Fsp3) is 0.846. The molecule has 4 aliphatic carbocycles. The van der Waals surface area contributed by atoms with Crippen LogP contribution in [0.5, 0.6) is 0 Å². The summed E-state index contributed by atoms with van der Waals surface area (Å²) < 4.78 is 12.3. The van der Waals surface area contributed by atoms with Crippen LogP contribution < -0.4 is 0 Å². The highest BCUT2D eigenvalue weighted by molar-refractivity contribution is 5.25. The molecule has 7 atom stereocenters. The van der Waals surface area contributed by atoms with Crippen molar-refractivity contribution in [2.45, 2.75) is 90.3 Å². The summed E-state index contributed by atoms with van der Waals surface area (Å²) in [5.74, 6) is 6.04. The smallest absolute Gasteiger partial charge is 0.157 e. The number of hydrogen-bond acceptors (Lipinski definition) is 2. The van der Waals surface area contributed by atoms with Crippen LogP contribution in [0.25, 0.3) is 0 Å². The van der Waals surface area contributed by atoms with Crippen LogP contribution in [0.1, 0.15) is 84.0 Å². The molecule has 0 radical (unpaired) electrons. The van der Waals surface area contributed by atoms with Gasteiger partial charge >= 0.3 is 0 Å². The van der Waals surface area contributed by atoms with Crippen molar-refractivity contribution in [3.63, 3.8) is 0 Å². The molecule has 0 bridgehead atoms. The summed E-state index contributed by atoms with van der Waals surface area (Å²) in [4.78, 5) is 0. The van der Waals surface area contributed by atoms with E-state index in [1.165, 1.54) is 70.6 Å². The summed E-state index contributed by atoms with van der Waals surface area (Å²) in [6.45, 7) is 4.28. The quantitative estimate of drug-likeness (QED) is 0.433. The van der Waals surface area contributed by atoms with Gasteiger partial charge < -0.3 is 9.47 Å². The summed E-state index contributed by atoms with van der Waals surface area (Å²) >= 11 is 0. The number of terminal acetylenes is 1. The Bertz CT molecular complexity index is 654. The molecule has 0 spiro atoms. The van der Waals surface area contributed by atoms with Crippen molar-refractivity contribution >= 4 is 0 Å². The minimum Gasteiger partial charge on any atom is -0.353 e. The summed E-state index contributed by atoms with van der Waals surface area (Å²) in [6, 6.07) is 0. The predicted molar refractivity (Wildman–Crippen MR) is 113 cm³/mol. The van der Waals surface area contributed by atoms with Crippen LogP contribution in [-0.2, 0) is 9.47 Å². The second-order valence-electron chi connectivity index (χ2n) is 10.6. The van der Waals surface area contributed by atoms with Crippen LogP contribution in [0.3, 0.4) is 0 Å². The van der Waals surface area contributed by atoms with Crippen LogP contribution in [0.4, 0.5) is 0 Å². The van der Waals surface area contributed by atoms with Gasteiger partial charge in [0, 0.05) is 17.9 Å². The number of allylic oxidation sites excluding steroid dienone is 2. The van der Waals surface area contributed by atoms with Crippen LogP contribution in [0.2, 0.25) is 0 Å². The van der Waals surface area contributed by atoms with Crippen molar-refractivity contribution in [1.82, 2.24) is 0 Å². The van der Waals surface area contributed by atoms with Crippen molar-refractivity contribution in [1.29, 1.82) is 0 Å². The van der Waals surface area contributed by atoms with Crippen LogP contribution >= 0.6 is 0 Å². The lowest BCUT2D eigenvalue weighted by Crippen LogP contribution is -2.52. The standard InChI is InChI=1S/C26H38O2/c1-3-19-11-13-23-21-12-10-20-8-4-6-15-25(20,2)22(21)14-16-26(19,23)18-28-24-9-5-7-17-27-24/h1,10,19,21-24H,4-9,11-18H2,2H3/t19-,21-,22+,23+,24?,25+,26+/m1/s1. The molecule has 1 heterocycles. The van der Waals surface area contributed by atoms with E-state index in [9.17, 15) is 0 Å². The summed E-state index contributed by atoms with van der Waals surface area (Å²) in [5, 5.41) is 0. The van der Waals surface area contributed by atoms with Gasteiger partial charge in [0.2, 0.25) is 0 Å². The highest BCUT2D eigenvalue weighted by Crippen LogP contribution is 2.66. The highest BCUT2D eigenvalue weighted by atomic mass is 16.7. The van der Waals surface area contributed by atoms with E-state index in [2.05, 4.69) is 18.9 Å². The minimum absolute atomic E-state index is 0.00855. The Kier molecular flexibility index (Phi) is 5.13. The van der Waals surface area contributed by atoms with Gasteiger partial charge in [0.05, 0.1) is 6.61 Å². The zero-order valence-corrected chi connectivity index (χ0v) is 17.8. The Hall–Kier alpha value is -0.780. The molecular formula is C26H38O2. The van der Waals surface area contributed by atoms with E-state index in [0.29, 0.717) is 11.3 Å². The molecule has 3 saturated carbocycles. The highest BCUT2D eigenvalue weighted by Gasteiger charge is 2.60. The molecule has 28 heavy (non-hydrogen) atoms. The van der Waals surface area contributed by atoms with Crippen molar-refractivity contribution in [2.75, 3.05) is 13.2 Å². The maximum absolute atomic E-state index is 6.44. The Morgan fingerprint density at radius 2 is 2.04 bits per heavy atom. The molecule has 1 unspecified atom stereocenters. The second-order valence-corrected chi connectivity index (χ2v) is 10.6. The first-order valence-corrected chi connectivity index (χ1v) is 12.1. The van der Waals surface area contributed by atoms with E-state index in [4.69, 9.17) is 15.9 Å². The topological polar surface area (TPSA) is 18.5 Å². The minimum atomic E-state index is 0.00855. The summed E-state index contributed by atoms with van der Waals surface area (Å²) in [6.07, 6.45) is 24.2. The summed E-state index contributed by atoms with van der Waals surface area (Å²) in [5.41, 5.74) is 2.47. The molecule has 1 aliphatic heterocycles. The van der Waals surface area contributed by atoms with E-state index < -0.39 is 0 Å². The molecular weight excluding hydrogens is 344 g/mol. The molecule has 5 aliphatic rings. The van der Waals surface area contributed by atoms with Crippen molar-refractivity contribution < 1.29 is 9.47 Å². The average molecular weight is 383 g/mol. The third-order valence-electron chi connectivity index (χ3n) is 9.61. The Morgan fingerprint density at radius 1 is 1.11 bits per heavy atom. The van der Waals surface area contributed by atoms with Gasteiger partial charge in [-0.2, -0.15) is 0 Å². The van der Waals surface area contributed by atoms with Crippen molar-refractivity contribution in [3.05, 3.63) is 11.6 Å². The average Bonchev–Trinajstić information content (AvgIpc) is 3.11. The van der Waals surface area contributed by atoms with Gasteiger partial charge in [-0.05, 0) is 93.8 Å². The molecule has 0 aromatic heterocycles. The molecule has 0 N–H and O–H groups in total. The first kappa shape index (κ1) is 19.2. The lowest BCUT2D eigenvalue weighted by Gasteiger charge is -2.58. The number of hydrogen-bond donors (Lipinski definition) is 0. The van der Waals surface area contributed by atoms with Gasteiger partial charge in [0.25, 0.3) is 0 Å². The number of rotatable bonds is 3. The third kappa shape index (κ3) is 2.92. The summed E-state index contributed by atoms with van der Waals surface area (Å²) in [7, 11) is 0. The van der Waals surface area contributed by atoms with Crippen LogP contribution in [0.15, 0.2) is 11.6 Å². The van der Waals surface area contributed by atoms with Crippen molar-refractivity contribution in [2.24, 2.45) is 34.5 Å². The molecule has 154 valence electrons. The van der Waals surface area contributed by atoms with Gasteiger partial charge in [-0.1, -0.05) is 25.0 Å². The molecule has 4 fully saturated rings. The number of fused-ring (bicyclic) bond motifs is 5. The van der Waals surface area contributed by atoms with Gasteiger partial charge in [-0.25, -0.2) is 0 Å². The van der Waals surface area contributed by atoms with Gasteiger partial charge in [0.15, 0.2) is 6.29 Å². The monoisotopic (exact) mass is 382 g/mol. The lowest BCUT2D eigenvalue weighted by molar-refractivity contribution is -0.195. The zero-order chi connectivity index (χ0) is 19.2. The Morgan fingerprint density at radius 3 is 2.86 bits per heavy atom. The van der Waals surface area contributed by atoms with Gasteiger partial charge in [0.1, 0.15) is 0 Å². The largest absolute Gasteiger partial charge is 0.353 e. The maximum atomic E-state index is 6.44. The maximum Gasteiger partial charge on any atom is 0.157 e. The molecule has 2 heteroatoms. The normalized spacial score (nSPS) is 48.0. The Labute approximate surface area is 171 Å². The van der Waals surface area contributed by atoms with Crippen molar-refractivity contribution in [3.8, 4) is 12.3 Å². The first-order valence-electron chi connectivity index (χ1n) is 12.1. The van der Waals surface area contributed by atoms with E-state index in [-0.39, 0.29) is 11.7 Å². The molecule has 0 amide bonds. The third-order valence-corrected chi connectivity index (χ3v) is 9.61. The second kappa shape index (κ2) is 7.48. The van der Waals surface area contributed by atoms with Crippen LogP contribution in [0, 0.1) is 46.8 Å². The van der Waals surface area contributed by atoms with Gasteiger partial charge in [-0.15, -0.1) is 12.3 Å². The lowest BCUT2D eigenvalue weighted by atomic mass is 9.47. The van der Waals surface area contributed by atoms with Crippen LogP contribution in [-0.4, -0.2) is 19.5 Å². The Balaban J connectivity index is 1.39. The van der Waals surface area contributed by atoms with E-state index in [1.54, 1.807) is 5.57 Å². The van der Waals surface area contributed by atoms with Gasteiger partial charge in [-0.3, -0.25) is 0 Å². The first-order chi connectivity index (χ1) is 13.7. The molecule has 5 rings (SSSR count). The SMILES string of the molecule is C#C[C@@H]1CC[C@H]2[C@@H]3CC=C4CCCC[C@]4(C)[C@H]3CC[C@]12COC1CCCCO1. The predicted octanol–water partition coefficient (Wildman–Crippen LogP) is 6.11. The van der Waals surface area contributed by atoms with E-state index in [0.717, 1.165) is 37.4 Å². The molecule has 1 saturated heterocycles. The molecule has 0 aromatic rings. The van der Waals surface area contributed by atoms with E-state index in [1.807, 2.05) is 0 Å². The zero-order valence-electron chi connectivity index (χ0n) is 17.8. The van der Waals surface area contributed by atoms with E-state index >= 15 is 0 Å². The molecule has 0 aromatic carbocycles. The molecule has 2 nitrogen and oxygen atoms in total. The fourth-order valence-electron chi connectivity index (χ4n) is 8.13. The fourth-order valence-corrected chi connectivity index (χ4v) is 8.13. The number of ether oxygens (including phenoxy) is 2.